The molecule has 0 aliphatic carbocycles. The molecule has 0 unspecified atom stereocenters. The predicted molar refractivity (Wildman–Crippen MR) is 217 cm³/mol. The predicted octanol–water partition coefficient (Wildman–Crippen LogP) is 13.7. The lowest BCUT2D eigenvalue weighted by molar-refractivity contribution is 0.977. The number of anilines is 3. The lowest BCUT2D eigenvalue weighted by atomic mass is 9.81. The van der Waals surface area contributed by atoms with Gasteiger partial charge >= 0.3 is 0 Å². The molecule has 240 valence electrons. The maximum atomic E-state index is 2.45. The van der Waals surface area contributed by atoms with Gasteiger partial charge in [0.2, 0.25) is 0 Å². The van der Waals surface area contributed by atoms with Gasteiger partial charge in [-0.3, -0.25) is 0 Å². The summed E-state index contributed by atoms with van der Waals surface area (Å²) < 4.78 is 0. The largest absolute Gasteiger partial charge is 0.310 e. The van der Waals surface area contributed by atoms with Gasteiger partial charge in [-0.15, -0.1) is 0 Å². The number of hydrogen-bond acceptors (Lipinski definition) is 1. The second-order valence-corrected chi connectivity index (χ2v) is 13.6. The molecule has 0 atom stereocenters. The summed E-state index contributed by atoms with van der Waals surface area (Å²) in [6.07, 6.45) is 2.07. The fourth-order valence-corrected chi connectivity index (χ4v) is 8.43. The molecule has 1 heteroatoms. The van der Waals surface area contributed by atoms with E-state index in [9.17, 15) is 0 Å². The summed E-state index contributed by atoms with van der Waals surface area (Å²) in [5, 5.41) is 7.70. The van der Waals surface area contributed by atoms with E-state index >= 15 is 0 Å². The summed E-state index contributed by atoms with van der Waals surface area (Å²) in [7, 11) is 0. The van der Waals surface area contributed by atoms with Gasteiger partial charge in [-0.1, -0.05) is 158 Å². The minimum Gasteiger partial charge on any atom is -0.310 e. The van der Waals surface area contributed by atoms with Crippen molar-refractivity contribution < 1.29 is 0 Å². The van der Waals surface area contributed by atoms with E-state index in [1.165, 1.54) is 93.9 Å². The van der Waals surface area contributed by atoms with Crippen LogP contribution in [-0.4, -0.2) is 0 Å². The van der Waals surface area contributed by atoms with E-state index in [1.807, 2.05) is 0 Å². The van der Waals surface area contributed by atoms with Crippen LogP contribution < -0.4 is 4.90 Å². The fourth-order valence-electron chi connectivity index (χ4n) is 8.43. The second kappa shape index (κ2) is 12.2. The minimum absolute atomic E-state index is 1.03. The number of rotatable bonds is 4. The maximum Gasteiger partial charge on any atom is 0.0493 e. The molecule has 9 aromatic rings. The summed E-state index contributed by atoms with van der Waals surface area (Å²) in [4.78, 5) is 2.45. The van der Waals surface area contributed by atoms with Crippen LogP contribution in [0, 0.1) is 0 Å². The van der Waals surface area contributed by atoms with E-state index in [2.05, 4.69) is 193 Å². The van der Waals surface area contributed by atoms with Crippen LogP contribution in [0.25, 0.3) is 65.7 Å². The Morgan fingerprint density at radius 1 is 0.333 bits per heavy atom. The van der Waals surface area contributed by atoms with Gasteiger partial charge in [0.1, 0.15) is 0 Å². The Hall–Kier alpha value is -6.44. The van der Waals surface area contributed by atoms with Crippen LogP contribution in [0.2, 0.25) is 0 Å². The second-order valence-electron chi connectivity index (χ2n) is 13.6. The first-order valence-electron chi connectivity index (χ1n) is 17.9. The summed E-state index contributed by atoms with van der Waals surface area (Å²) >= 11 is 0. The molecule has 0 amide bonds. The third-order valence-electron chi connectivity index (χ3n) is 10.7. The number of para-hydroxylation sites is 2. The molecule has 1 nitrogen and oxygen atoms in total. The standard InChI is InChI=1S/C50H35N/c1-3-15-34(16-4-1)44-33-45(35-29-31-39(32-30-35)51-46-25-13-7-17-36(46)27-28-37-18-8-14-26-47(37)51)49-42-23-11-9-21-40(42)41-22-10-12-24-43(41)50(49)48(44)38-19-5-2-6-20-38/h1-26,29-33H,27-28H2. The maximum absolute atomic E-state index is 2.45. The highest BCUT2D eigenvalue weighted by Crippen LogP contribution is 2.49. The molecule has 0 spiro atoms. The van der Waals surface area contributed by atoms with Crippen molar-refractivity contribution in [2.45, 2.75) is 12.8 Å². The zero-order valence-corrected chi connectivity index (χ0v) is 28.3. The molecule has 0 N–H and O–H groups in total. The van der Waals surface area contributed by atoms with Crippen molar-refractivity contribution in [1.82, 2.24) is 0 Å². The van der Waals surface area contributed by atoms with Crippen molar-refractivity contribution in [2.75, 3.05) is 4.90 Å². The molecule has 0 saturated heterocycles. The van der Waals surface area contributed by atoms with E-state index in [-0.39, 0.29) is 0 Å². The molecule has 9 aromatic carbocycles. The first-order chi connectivity index (χ1) is 25.3. The van der Waals surface area contributed by atoms with E-state index in [4.69, 9.17) is 0 Å². The summed E-state index contributed by atoms with van der Waals surface area (Å²) in [5.74, 6) is 0. The van der Waals surface area contributed by atoms with Gasteiger partial charge in [0.15, 0.2) is 0 Å². The van der Waals surface area contributed by atoms with E-state index in [0.717, 1.165) is 12.8 Å². The molecule has 1 aliphatic heterocycles. The molecular weight excluding hydrogens is 615 g/mol. The molecule has 0 saturated carbocycles. The Morgan fingerprint density at radius 3 is 1.37 bits per heavy atom. The Morgan fingerprint density at radius 2 is 0.784 bits per heavy atom. The van der Waals surface area contributed by atoms with Crippen molar-refractivity contribution in [3.63, 3.8) is 0 Å². The van der Waals surface area contributed by atoms with Gasteiger partial charge in [0.05, 0.1) is 0 Å². The normalized spacial score (nSPS) is 12.5. The number of fused-ring (bicyclic) bond motifs is 8. The zero-order valence-electron chi connectivity index (χ0n) is 28.3. The number of nitrogens with zero attached hydrogens (tertiary/aromatic N) is 1. The minimum atomic E-state index is 1.03. The summed E-state index contributed by atoms with van der Waals surface area (Å²) in [5.41, 5.74) is 13.9. The van der Waals surface area contributed by atoms with Crippen LogP contribution in [0.1, 0.15) is 11.1 Å². The zero-order chi connectivity index (χ0) is 33.7. The third-order valence-corrected chi connectivity index (χ3v) is 10.7. The van der Waals surface area contributed by atoms with Gasteiger partial charge in [0.25, 0.3) is 0 Å². The van der Waals surface area contributed by atoms with Crippen LogP contribution in [0.15, 0.2) is 188 Å². The van der Waals surface area contributed by atoms with Crippen molar-refractivity contribution in [3.05, 3.63) is 199 Å². The van der Waals surface area contributed by atoms with Crippen LogP contribution in [-0.2, 0) is 12.8 Å². The highest BCUT2D eigenvalue weighted by molar-refractivity contribution is 6.32. The highest BCUT2D eigenvalue weighted by atomic mass is 15.1. The monoisotopic (exact) mass is 649 g/mol. The highest BCUT2D eigenvalue weighted by Gasteiger charge is 2.24. The first-order valence-corrected chi connectivity index (χ1v) is 17.9. The van der Waals surface area contributed by atoms with Gasteiger partial charge in [0, 0.05) is 17.1 Å². The van der Waals surface area contributed by atoms with Crippen molar-refractivity contribution >= 4 is 49.4 Å². The van der Waals surface area contributed by atoms with Gasteiger partial charge in [-0.25, -0.2) is 0 Å². The number of aryl methyl sites for hydroxylation is 2. The van der Waals surface area contributed by atoms with Gasteiger partial charge in [-0.05, 0) is 120 Å². The van der Waals surface area contributed by atoms with Crippen LogP contribution in [0.4, 0.5) is 17.1 Å². The van der Waals surface area contributed by atoms with E-state index in [1.54, 1.807) is 0 Å². The molecule has 1 aliphatic rings. The topological polar surface area (TPSA) is 3.24 Å². The summed E-state index contributed by atoms with van der Waals surface area (Å²) in [6.45, 7) is 0. The van der Waals surface area contributed by atoms with Crippen molar-refractivity contribution in [3.8, 4) is 33.4 Å². The Labute approximate surface area is 298 Å². The third kappa shape index (κ3) is 4.85. The average molecular weight is 650 g/mol. The SMILES string of the molecule is c1ccc(-c2cc(-c3ccc(N4c5ccccc5CCc5ccccc54)cc3)c3c4ccccc4c4ccccc4c3c2-c2ccccc2)cc1. The summed E-state index contributed by atoms with van der Waals surface area (Å²) in [6, 6.07) is 69.3. The molecule has 0 fully saturated rings. The molecule has 1 heterocycles. The molecule has 0 bridgehead atoms. The van der Waals surface area contributed by atoms with E-state index in [0.29, 0.717) is 0 Å². The van der Waals surface area contributed by atoms with Crippen LogP contribution in [0.3, 0.4) is 0 Å². The quantitative estimate of drug-likeness (QED) is 0.172. The van der Waals surface area contributed by atoms with Gasteiger partial charge < -0.3 is 4.90 Å². The first kappa shape index (κ1) is 29.5. The Kier molecular flexibility index (Phi) is 7.03. The molecule has 51 heavy (non-hydrogen) atoms. The van der Waals surface area contributed by atoms with Crippen molar-refractivity contribution in [2.24, 2.45) is 0 Å². The Bertz CT molecular complexity index is 2680. The lowest BCUT2D eigenvalue weighted by Gasteiger charge is -2.27. The smallest absolute Gasteiger partial charge is 0.0493 e. The fraction of sp³-hybridized carbons (Fsp3) is 0.0400. The molecule has 0 aromatic heterocycles. The van der Waals surface area contributed by atoms with Gasteiger partial charge in [-0.2, -0.15) is 0 Å². The van der Waals surface area contributed by atoms with Crippen LogP contribution >= 0.6 is 0 Å². The molecular formula is C50H35N. The number of hydrogen-bond donors (Lipinski definition) is 0. The molecule has 10 rings (SSSR count). The Balaban J connectivity index is 1.28. The van der Waals surface area contributed by atoms with E-state index < -0.39 is 0 Å². The average Bonchev–Trinajstić information content (AvgIpc) is 3.38. The van der Waals surface area contributed by atoms with Crippen molar-refractivity contribution in [1.29, 1.82) is 0 Å². The lowest BCUT2D eigenvalue weighted by Crippen LogP contribution is -2.11. The van der Waals surface area contributed by atoms with Crippen LogP contribution in [0.5, 0.6) is 0 Å². The number of benzene rings is 9. The molecule has 0 radical (unpaired) electrons.